The monoisotopic (exact) mass is 652 g/mol. The molecule has 11 rings (SSSR count). The van der Waals surface area contributed by atoms with E-state index in [1.165, 1.54) is 96.6 Å². The second-order valence-corrected chi connectivity index (χ2v) is 14.3. The van der Waals surface area contributed by atoms with Gasteiger partial charge in [-0.1, -0.05) is 133 Å². The lowest BCUT2D eigenvalue weighted by molar-refractivity contribution is 0.669. The zero-order chi connectivity index (χ0) is 32.8. The Balaban J connectivity index is 1.03. The summed E-state index contributed by atoms with van der Waals surface area (Å²) >= 11 is 1.86. The van der Waals surface area contributed by atoms with Gasteiger partial charge in [-0.25, -0.2) is 0 Å². The Morgan fingerprint density at radius 3 is 1.54 bits per heavy atom. The van der Waals surface area contributed by atoms with Crippen LogP contribution in [0, 0.1) is 0 Å². The Bertz CT molecular complexity index is 3070. The van der Waals surface area contributed by atoms with Gasteiger partial charge in [-0.05, 0) is 102 Å². The molecule has 9 aromatic carbocycles. The molecule has 0 amide bonds. The topological polar surface area (TPSA) is 13.1 Å². The molecule has 0 aliphatic rings. The first-order chi connectivity index (χ1) is 24.8. The van der Waals surface area contributed by atoms with Crippen molar-refractivity contribution in [3.05, 3.63) is 170 Å². The first-order valence-corrected chi connectivity index (χ1v) is 17.9. The van der Waals surface area contributed by atoms with E-state index in [1.807, 2.05) is 17.4 Å². The van der Waals surface area contributed by atoms with Crippen LogP contribution in [0.5, 0.6) is 0 Å². The van der Waals surface area contributed by atoms with Gasteiger partial charge in [0.25, 0.3) is 0 Å². The summed E-state index contributed by atoms with van der Waals surface area (Å²) in [4.78, 5) is 0. The number of benzene rings is 9. The van der Waals surface area contributed by atoms with Crippen LogP contribution in [0.25, 0.3) is 108 Å². The molecule has 2 heteroatoms. The summed E-state index contributed by atoms with van der Waals surface area (Å²) in [6.07, 6.45) is 0. The fourth-order valence-electron chi connectivity index (χ4n) is 8.10. The molecule has 0 N–H and O–H groups in total. The van der Waals surface area contributed by atoms with Gasteiger partial charge in [0.2, 0.25) is 0 Å². The molecular formula is C48H28OS. The van der Waals surface area contributed by atoms with E-state index in [-0.39, 0.29) is 0 Å². The fraction of sp³-hybridized carbons (Fsp3) is 0. The van der Waals surface area contributed by atoms with Gasteiger partial charge in [0.15, 0.2) is 0 Å². The molecule has 0 saturated heterocycles. The summed E-state index contributed by atoms with van der Waals surface area (Å²) in [5, 5.41) is 12.5. The predicted molar refractivity (Wildman–Crippen MR) is 215 cm³/mol. The van der Waals surface area contributed by atoms with Crippen molar-refractivity contribution in [3.63, 3.8) is 0 Å². The van der Waals surface area contributed by atoms with Crippen LogP contribution < -0.4 is 0 Å². The van der Waals surface area contributed by atoms with Crippen LogP contribution >= 0.6 is 11.3 Å². The van der Waals surface area contributed by atoms with Crippen molar-refractivity contribution in [2.75, 3.05) is 0 Å². The van der Waals surface area contributed by atoms with Crippen molar-refractivity contribution in [2.24, 2.45) is 0 Å². The Morgan fingerprint density at radius 1 is 0.300 bits per heavy atom. The van der Waals surface area contributed by atoms with Crippen LogP contribution in [0.15, 0.2) is 174 Å². The number of thiophene rings is 1. The zero-order valence-corrected chi connectivity index (χ0v) is 27.8. The minimum Gasteiger partial charge on any atom is -0.456 e. The van der Waals surface area contributed by atoms with Gasteiger partial charge >= 0.3 is 0 Å². The van der Waals surface area contributed by atoms with Crippen molar-refractivity contribution in [2.45, 2.75) is 0 Å². The third kappa shape index (κ3) is 4.13. The van der Waals surface area contributed by atoms with Gasteiger partial charge in [0.05, 0.1) is 0 Å². The molecule has 50 heavy (non-hydrogen) atoms. The lowest BCUT2D eigenvalue weighted by Crippen LogP contribution is -1.90. The summed E-state index contributed by atoms with van der Waals surface area (Å²) in [6, 6.07) is 62.1. The maximum Gasteiger partial charge on any atom is 0.136 e. The lowest BCUT2D eigenvalue weighted by Gasteiger charge is -2.18. The van der Waals surface area contributed by atoms with Crippen molar-refractivity contribution in [3.8, 4) is 33.4 Å². The molecule has 11 aromatic rings. The van der Waals surface area contributed by atoms with Crippen LogP contribution in [-0.4, -0.2) is 0 Å². The Kier molecular flexibility index (Phi) is 5.89. The van der Waals surface area contributed by atoms with Gasteiger partial charge in [-0.2, -0.15) is 0 Å². The highest BCUT2D eigenvalue weighted by Gasteiger charge is 2.17. The summed E-state index contributed by atoms with van der Waals surface area (Å²) in [5.74, 6) is 0. The van der Waals surface area contributed by atoms with Gasteiger partial charge < -0.3 is 4.42 Å². The minimum atomic E-state index is 0.941. The molecule has 0 spiro atoms. The van der Waals surface area contributed by atoms with Gasteiger partial charge in [-0.15, -0.1) is 11.3 Å². The van der Waals surface area contributed by atoms with Crippen LogP contribution in [0.4, 0.5) is 0 Å². The van der Waals surface area contributed by atoms with E-state index in [9.17, 15) is 0 Å². The van der Waals surface area contributed by atoms with Gasteiger partial charge in [0.1, 0.15) is 11.2 Å². The van der Waals surface area contributed by atoms with Crippen molar-refractivity contribution < 1.29 is 4.42 Å². The molecule has 0 bridgehead atoms. The SMILES string of the molecule is c1ccc(-c2c3ccccc3c(-c3ccc(-c4ccc5cc6sc7cc8c(cc7c6cc5c4)oc4ccccc48)cc3)c3ccccc23)cc1. The molecule has 0 radical (unpaired) electrons. The minimum absolute atomic E-state index is 0.941. The first-order valence-electron chi connectivity index (χ1n) is 17.1. The molecule has 0 unspecified atom stereocenters. The molecule has 0 fully saturated rings. The molecule has 0 aliphatic carbocycles. The normalized spacial score (nSPS) is 12.0. The molecule has 0 saturated carbocycles. The van der Waals surface area contributed by atoms with E-state index in [0.29, 0.717) is 0 Å². The quantitative estimate of drug-likeness (QED) is 0.173. The van der Waals surface area contributed by atoms with E-state index >= 15 is 0 Å². The largest absolute Gasteiger partial charge is 0.456 e. The summed E-state index contributed by atoms with van der Waals surface area (Å²) in [7, 11) is 0. The van der Waals surface area contributed by atoms with Crippen LogP contribution in [-0.2, 0) is 0 Å². The van der Waals surface area contributed by atoms with E-state index in [2.05, 4.69) is 164 Å². The highest BCUT2D eigenvalue weighted by atomic mass is 32.1. The van der Waals surface area contributed by atoms with Crippen LogP contribution in [0.1, 0.15) is 0 Å². The Morgan fingerprint density at radius 2 is 0.840 bits per heavy atom. The van der Waals surface area contributed by atoms with Crippen molar-refractivity contribution in [1.29, 1.82) is 0 Å². The van der Waals surface area contributed by atoms with Crippen molar-refractivity contribution in [1.82, 2.24) is 0 Å². The smallest absolute Gasteiger partial charge is 0.136 e. The van der Waals surface area contributed by atoms with E-state index in [4.69, 9.17) is 4.42 Å². The molecule has 2 aromatic heterocycles. The second kappa shape index (κ2) is 10.6. The fourth-order valence-corrected chi connectivity index (χ4v) is 9.26. The molecule has 232 valence electrons. The molecular weight excluding hydrogens is 625 g/mol. The van der Waals surface area contributed by atoms with E-state index in [1.54, 1.807) is 0 Å². The third-order valence-corrected chi connectivity index (χ3v) is 11.5. The molecule has 2 heterocycles. The zero-order valence-electron chi connectivity index (χ0n) is 27.0. The summed E-state index contributed by atoms with van der Waals surface area (Å²) in [6.45, 7) is 0. The second-order valence-electron chi connectivity index (χ2n) is 13.2. The average molecular weight is 653 g/mol. The highest BCUT2D eigenvalue weighted by molar-refractivity contribution is 7.26. The maximum atomic E-state index is 6.26. The average Bonchev–Trinajstić information content (AvgIpc) is 3.71. The number of hydrogen-bond donors (Lipinski definition) is 0. The first kappa shape index (κ1) is 27.7. The number of fused-ring (bicyclic) bond motifs is 9. The standard InChI is InChI=1S/C48H28OS/c1-2-10-30(11-3-1)47-36-13-4-6-15-38(36)48(39-16-7-5-14-37(39)47)31-20-18-29(19-21-31)32-22-23-33-26-45-41(25-34(33)24-32)42-27-44-40(28-46(42)50-45)35-12-8-9-17-43(35)49-44/h1-28H. The van der Waals surface area contributed by atoms with Crippen LogP contribution in [0.2, 0.25) is 0 Å². The number of furan rings is 1. The van der Waals surface area contributed by atoms with Crippen LogP contribution in [0.3, 0.4) is 0 Å². The molecule has 1 nitrogen and oxygen atoms in total. The molecule has 0 aliphatic heterocycles. The highest BCUT2D eigenvalue weighted by Crippen LogP contribution is 2.45. The van der Waals surface area contributed by atoms with Gasteiger partial charge in [-0.3, -0.25) is 0 Å². The van der Waals surface area contributed by atoms with Gasteiger partial charge in [0, 0.05) is 30.9 Å². The molecule has 0 atom stereocenters. The van der Waals surface area contributed by atoms with E-state index in [0.717, 1.165) is 11.2 Å². The number of rotatable bonds is 3. The Labute approximate surface area is 292 Å². The third-order valence-electron chi connectivity index (χ3n) is 10.4. The van der Waals surface area contributed by atoms with Crippen molar-refractivity contribution >= 4 is 85.8 Å². The van der Waals surface area contributed by atoms with E-state index < -0.39 is 0 Å². The summed E-state index contributed by atoms with van der Waals surface area (Å²) < 4.78 is 8.86. The lowest BCUT2D eigenvalue weighted by atomic mass is 9.85. The predicted octanol–water partition coefficient (Wildman–Crippen LogP) is 14.4. The number of para-hydroxylation sites is 1. The Hall–Kier alpha value is -6.22. The summed E-state index contributed by atoms with van der Waals surface area (Å²) in [5.41, 5.74) is 9.37. The maximum absolute atomic E-state index is 6.26. The number of hydrogen-bond acceptors (Lipinski definition) is 2.